The number of nitrogens with one attached hydrogen (secondary N) is 1. The highest BCUT2D eigenvalue weighted by atomic mass is 16.3. The highest BCUT2D eigenvalue weighted by Gasteiger charge is 2.30. The maximum Gasteiger partial charge on any atom is 0.241 e. The van der Waals surface area contributed by atoms with E-state index >= 15 is 0 Å². The Balaban J connectivity index is 1.30. The molecule has 3 heterocycles. The van der Waals surface area contributed by atoms with E-state index in [-0.39, 0.29) is 11.9 Å². The summed E-state index contributed by atoms with van der Waals surface area (Å²) in [4.78, 5) is 24.0. The van der Waals surface area contributed by atoms with E-state index in [9.17, 15) is 4.79 Å². The zero-order valence-electron chi connectivity index (χ0n) is 15.8. The third-order valence-corrected chi connectivity index (χ3v) is 5.82. The lowest BCUT2D eigenvalue weighted by Gasteiger charge is -2.34. The molecule has 3 aromatic rings. The fourth-order valence-electron chi connectivity index (χ4n) is 4.11. The molecule has 6 nitrogen and oxygen atoms in total. The normalized spacial score (nSPS) is 20.4. The number of rotatable bonds is 5. The number of oxazole rings is 1. The van der Waals surface area contributed by atoms with Gasteiger partial charge in [-0.05, 0) is 55.8 Å². The molecule has 2 aromatic heterocycles. The second-order valence-corrected chi connectivity index (χ2v) is 7.82. The molecular weight excluding hydrogens is 352 g/mol. The van der Waals surface area contributed by atoms with Gasteiger partial charge in [-0.1, -0.05) is 18.6 Å². The second-order valence-electron chi connectivity index (χ2n) is 7.82. The van der Waals surface area contributed by atoms with Crippen molar-refractivity contribution in [1.29, 1.82) is 0 Å². The van der Waals surface area contributed by atoms with Gasteiger partial charge in [-0.15, -0.1) is 0 Å². The molecule has 1 aliphatic heterocycles. The van der Waals surface area contributed by atoms with Gasteiger partial charge in [-0.25, -0.2) is 4.98 Å². The Morgan fingerprint density at radius 2 is 1.96 bits per heavy atom. The van der Waals surface area contributed by atoms with E-state index in [1.165, 1.54) is 24.8 Å². The van der Waals surface area contributed by atoms with Crippen molar-refractivity contribution in [1.82, 2.24) is 14.9 Å². The fraction of sp³-hybridized carbons (Fsp3) is 0.409. The molecule has 28 heavy (non-hydrogen) atoms. The van der Waals surface area contributed by atoms with Crippen LogP contribution in [0.2, 0.25) is 0 Å². The first-order chi connectivity index (χ1) is 13.8. The van der Waals surface area contributed by atoms with Crippen molar-refractivity contribution in [3.63, 3.8) is 0 Å². The number of benzene rings is 1. The van der Waals surface area contributed by atoms with Gasteiger partial charge in [0, 0.05) is 24.5 Å². The number of nitrogens with zero attached hydrogens (tertiary/aromatic N) is 3. The first-order valence-electron chi connectivity index (χ1n) is 10.1. The van der Waals surface area contributed by atoms with Gasteiger partial charge in [-0.2, -0.15) is 0 Å². The van der Waals surface area contributed by atoms with Gasteiger partial charge in [0.1, 0.15) is 5.52 Å². The number of piperidine rings is 1. The summed E-state index contributed by atoms with van der Waals surface area (Å²) in [6.07, 6.45) is 8.78. The van der Waals surface area contributed by atoms with E-state index in [1.807, 2.05) is 18.2 Å². The summed E-state index contributed by atoms with van der Waals surface area (Å²) < 4.78 is 5.38. The molecule has 2 fully saturated rings. The molecule has 0 bridgehead atoms. The zero-order chi connectivity index (χ0) is 18.9. The van der Waals surface area contributed by atoms with Crippen LogP contribution in [0.3, 0.4) is 0 Å². The Kier molecular flexibility index (Phi) is 4.56. The summed E-state index contributed by atoms with van der Waals surface area (Å²) in [5, 5.41) is 3.11. The van der Waals surface area contributed by atoms with Crippen LogP contribution in [0.1, 0.15) is 49.3 Å². The van der Waals surface area contributed by atoms with Crippen LogP contribution < -0.4 is 5.32 Å². The number of amides is 1. The minimum atomic E-state index is -0.152. The van der Waals surface area contributed by atoms with Crippen LogP contribution in [0.5, 0.6) is 0 Å². The van der Waals surface area contributed by atoms with Crippen LogP contribution in [-0.2, 0) is 11.3 Å². The van der Waals surface area contributed by atoms with Crippen molar-refractivity contribution in [2.75, 3.05) is 11.9 Å². The molecule has 1 atom stereocenters. The number of pyridine rings is 1. The highest BCUT2D eigenvalue weighted by Crippen LogP contribution is 2.40. The number of hydrogen-bond acceptors (Lipinski definition) is 5. The van der Waals surface area contributed by atoms with Crippen LogP contribution in [0.15, 0.2) is 47.3 Å². The predicted octanol–water partition coefficient (Wildman–Crippen LogP) is 4.09. The predicted molar refractivity (Wildman–Crippen MR) is 107 cm³/mol. The van der Waals surface area contributed by atoms with Crippen LogP contribution >= 0.6 is 0 Å². The lowest BCUT2D eigenvalue weighted by molar-refractivity contribution is -0.122. The molecule has 2 aliphatic rings. The quantitative estimate of drug-likeness (QED) is 0.726. The topological polar surface area (TPSA) is 71.3 Å². The molecule has 6 heteroatoms. The number of aromatic nitrogens is 2. The summed E-state index contributed by atoms with van der Waals surface area (Å²) in [6.45, 7) is 1.48. The molecule has 1 aliphatic carbocycles. The molecule has 0 spiro atoms. The van der Waals surface area contributed by atoms with Gasteiger partial charge in [0.15, 0.2) is 12.0 Å². The lowest BCUT2D eigenvalue weighted by Crippen LogP contribution is -2.46. The molecule has 5 rings (SSSR count). The van der Waals surface area contributed by atoms with Crippen molar-refractivity contribution < 1.29 is 9.21 Å². The van der Waals surface area contributed by atoms with E-state index in [1.54, 1.807) is 6.20 Å². The molecule has 0 radical (unpaired) electrons. The Hall–Kier alpha value is -2.73. The summed E-state index contributed by atoms with van der Waals surface area (Å²) in [6, 6.07) is 9.99. The van der Waals surface area contributed by atoms with Crippen LogP contribution in [0, 0.1) is 0 Å². The van der Waals surface area contributed by atoms with Crippen molar-refractivity contribution >= 4 is 22.7 Å². The Labute approximate surface area is 164 Å². The number of anilines is 1. The molecule has 1 N–H and O–H groups in total. The largest absolute Gasteiger partial charge is 0.443 e. The Bertz CT molecular complexity index is 978. The highest BCUT2D eigenvalue weighted by molar-refractivity contribution is 5.95. The number of carbonyl (C=O) groups excluding carboxylic acids is 1. The molecule has 144 valence electrons. The van der Waals surface area contributed by atoms with Gasteiger partial charge in [0.05, 0.1) is 11.7 Å². The number of carbonyl (C=O) groups is 1. The van der Waals surface area contributed by atoms with Gasteiger partial charge in [-0.3, -0.25) is 14.7 Å². The van der Waals surface area contributed by atoms with Gasteiger partial charge in [0.2, 0.25) is 5.91 Å². The minimum Gasteiger partial charge on any atom is -0.443 e. The third kappa shape index (κ3) is 3.52. The smallest absolute Gasteiger partial charge is 0.241 e. The first kappa shape index (κ1) is 17.4. The molecule has 0 unspecified atom stereocenters. The number of hydrogen-bond donors (Lipinski definition) is 1. The van der Waals surface area contributed by atoms with E-state index in [2.05, 4.69) is 32.3 Å². The van der Waals surface area contributed by atoms with Gasteiger partial charge < -0.3 is 9.73 Å². The molecule has 1 aromatic carbocycles. The monoisotopic (exact) mass is 376 g/mol. The van der Waals surface area contributed by atoms with Crippen LogP contribution in [0.25, 0.3) is 11.1 Å². The summed E-state index contributed by atoms with van der Waals surface area (Å²) >= 11 is 0. The van der Waals surface area contributed by atoms with Crippen LogP contribution in [-0.4, -0.2) is 33.4 Å². The van der Waals surface area contributed by atoms with Crippen LogP contribution in [0.4, 0.5) is 5.69 Å². The maximum absolute atomic E-state index is 13.0. The standard InChI is InChI=1S/C22H24N4O2/c27-22(25-17-8-6-16(7-9-17)15-4-5-15)19-3-1-2-12-26(19)13-18-21-20(10-11-23-18)28-14-24-21/h6-11,14-15,19H,1-5,12-13H2,(H,25,27)/t19-/m1/s1. The van der Waals surface area contributed by atoms with Crippen molar-refractivity contribution in [3.05, 3.63) is 54.2 Å². The SMILES string of the molecule is O=C(Nc1ccc(C2CC2)cc1)[C@H]1CCCCN1Cc1nccc2ocnc12. The second kappa shape index (κ2) is 7.36. The number of likely N-dealkylation sites (tertiary alicyclic amines) is 1. The Morgan fingerprint density at radius 3 is 2.79 bits per heavy atom. The zero-order valence-corrected chi connectivity index (χ0v) is 15.8. The van der Waals surface area contributed by atoms with E-state index < -0.39 is 0 Å². The Morgan fingerprint density at radius 1 is 1.11 bits per heavy atom. The molecule has 1 saturated heterocycles. The lowest BCUT2D eigenvalue weighted by atomic mass is 10.0. The minimum absolute atomic E-state index is 0.0613. The third-order valence-electron chi connectivity index (χ3n) is 5.82. The van der Waals surface area contributed by atoms with Crippen molar-refractivity contribution in [2.24, 2.45) is 0 Å². The van der Waals surface area contributed by atoms with E-state index in [0.717, 1.165) is 54.2 Å². The van der Waals surface area contributed by atoms with Crippen molar-refractivity contribution in [3.8, 4) is 0 Å². The number of fused-ring (bicyclic) bond motifs is 1. The van der Waals surface area contributed by atoms with Gasteiger partial charge in [0.25, 0.3) is 0 Å². The first-order valence-corrected chi connectivity index (χ1v) is 10.1. The summed E-state index contributed by atoms with van der Waals surface area (Å²) in [7, 11) is 0. The van der Waals surface area contributed by atoms with Crippen molar-refractivity contribution in [2.45, 2.75) is 50.6 Å². The maximum atomic E-state index is 13.0. The van der Waals surface area contributed by atoms with Gasteiger partial charge >= 0.3 is 0 Å². The summed E-state index contributed by atoms with van der Waals surface area (Å²) in [5.74, 6) is 0.788. The van der Waals surface area contributed by atoms with E-state index in [0.29, 0.717) is 6.54 Å². The summed E-state index contributed by atoms with van der Waals surface area (Å²) in [5.41, 5.74) is 4.63. The fourth-order valence-corrected chi connectivity index (χ4v) is 4.11. The molecule has 1 saturated carbocycles. The average Bonchev–Trinajstić information content (AvgIpc) is 3.46. The molecular formula is C22H24N4O2. The molecule has 1 amide bonds. The van der Waals surface area contributed by atoms with E-state index in [4.69, 9.17) is 4.42 Å². The average molecular weight is 376 g/mol.